The summed E-state index contributed by atoms with van der Waals surface area (Å²) < 4.78 is 0. The van der Waals surface area contributed by atoms with Gasteiger partial charge in [0.05, 0.1) is 6.10 Å². The number of carbonyl (C=O) groups is 1. The molecule has 0 saturated heterocycles. The van der Waals surface area contributed by atoms with Crippen LogP contribution in [0.1, 0.15) is 91.9 Å². The predicted molar refractivity (Wildman–Crippen MR) is 121 cm³/mol. The number of hydrogen-bond acceptors (Lipinski definition) is 3. The number of aliphatic hydroxyl groups excluding tert-OH is 2. The van der Waals surface area contributed by atoms with Crippen LogP contribution in [0.2, 0.25) is 0 Å². The van der Waals surface area contributed by atoms with Crippen molar-refractivity contribution in [2.75, 3.05) is 6.61 Å². The van der Waals surface area contributed by atoms with Gasteiger partial charge in [-0.25, -0.2) is 0 Å². The van der Waals surface area contributed by atoms with Crippen LogP contribution in [0.15, 0.2) is 11.6 Å². The van der Waals surface area contributed by atoms with Gasteiger partial charge in [0.25, 0.3) is 0 Å². The lowest BCUT2D eigenvalue weighted by molar-refractivity contribution is -0.124. The Kier molecular flexibility index (Phi) is 6.27. The molecule has 2 N–H and O–H groups in total. The number of carbonyl (C=O) groups excluding carboxylic acids is 1. The fourth-order valence-electron chi connectivity index (χ4n) is 8.58. The molecule has 0 aromatic carbocycles. The molecule has 30 heavy (non-hydrogen) atoms. The number of aliphatic hydroxyl groups is 2. The molecule has 170 valence electrons. The van der Waals surface area contributed by atoms with Crippen molar-refractivity contribution < 1.29 is 15.0 Å². The summed E-state index contributed by atoms with van der Waals surface area (Å²) in [5, 5.41) is 20.6. The largest absolute Gasteiger partial charge is 0.396 e. The summed E-state index contributed by atoms with van der Waals surface area (Å²) in [6.07, 6.45) is 12.7. The van der Waals surface area contributed by atoms with Crippen LogP contribution < -0.4 is 0 Å². The van der Waals surface area contributed by atoms with E-state index in [0.717, 1.165) is 31.1 Å². The third-order valence-electron chi connectivity index (χ3n) is 10.4. The average molecular weight is 417 g/mol. The van der Waals surface area contributed by atoms with E-state index in [1.54, 1.807) is 0 Å². The van der Waals surface area contributed by atoms with E-state index in [4.69, 9.17) is 0 Å². The first-order valence-corrected chi connectivity index (χ1v) is 12.7. The van der Waals surface area contributed by atoms with E-state index in [0.29, 0.717) is 42.1 Å². The van der Waals surface area contributed by atoms with Crippen molar-refractivity contribution in [2.24, 2.45) is 46.3 Å². The zero-order valence-corrected chi connectivity index (χ0v) is 19.7. The molecular formula is C27H44O3. The van der Waals surface area contributed by atoms with Gasteiger partial charge in [-0.1, -0.05) is 46.1 Å². The minimum Gasteiger partial charge on any atom is -0.396 e. The number of hydrogen-bond donors (Lipinski definition) is 2. The van der Waals surface area contributed by atoms with E-state index in [2.05, 4.69) is 27.7 Å². The van der Waals surface area contributed by atoms with E-state index >= 15 is 0 Å². The summed E-state index contributed by atoms with van der Waals surface area (Å²) in [4.78, 5) is 12.1. The Morgan fingerprint density at radius 1 is 1.10 bits per heavy atom. The lowest BCUT2D eigenvalue weighted by Crippen LogP contribution is -2.55. The topological polar surface area (TPSA) is 57.5 Å². The van der Waals surface area contributed by atoms with Crippen LogP contribution in [0, 0.1) is 46.3 Å². The molecule has 0 aromatic heterocycles. The zero-order valence-electron chi connectivity index (χ0n) is 19.7. The normalized spacial score (nSPS) is 45.2. The highest BCUT2D eigenvalue weighted by Gasteiger charge is 2.61. The van der Waals surface area contributed by atoms with Crippen LogP contribution in [-0.4, -0.2) is 28.7 Å². The quantitative estimate of drug-likeness (QED) is 0.598. The highest BCUT2D eigenvalue weighted by Crippen LogP contribution is 2.67. The zero-order chi connectivity index (χ0) is 21.7. The fraction of sp³-hybridized carbons (Fsp3) is 0.889. The first kappa shape index (κ1) is 22.5. The summed E-state index contributed by atoms with van der Waals surface area (Å²) >= 11 is 0. The number of ketones is 1. The summed E-state index contributed by atoms with van der Waals surface area (Å²) in [5.41, 5.74) is 1.73. The SMILES string of the molecule is CC(CO)CCC[C@@H](C)C1CCC2C3C(CC[C@@]21C)[C@@]1(C)CCC(=O)C=C1C[C@H]3O. The van der Waals surface area contributed by atoms with Crippen molar-refractivity contribution >= 4 is 5.78 Å². The molecule has 3 nitrogen and oxygen atoms in total. The number of fused-ring (bicyclic) bond motifs is 5. The minimum absolute atomic E-state index is 0.128. The Labute approximate surface area is 183 Å². The second kappa shape index (κ2) is 8.35. The first-order valence-electron chi connectivity index (χ1n) is 12.7. The molecule has 9 atom stereocenters. The summed E-state index contributed by atoms with van der Waals surface area (Å²) in [7, 11) is 0. The standard InChI is InChI=1S/C27H44O3/c1-17(16-28)6-5-7-18(2)21-8-9-22-25-23(11-13-27(21,22)4)26(3)12-10-20(29)14-19(26)15-24(25)30/h14,17-18,21-25,28,30H,5-13,15-16H2,1-4H3/t17?,18-,21?,22?,23?,24-,25?,26+,27-/m1/s1. The maximum Gasteiger partial charge on any atom is 0.155 e. The van der Waals surface area contributed by atoms with Gasteiger partial charge in [-0.2, -0.15) is 0 Å². The highest BCUT2D eigenvalue weighted by molar-refractivity contribution is 5.91. The van der Waals surface area contributed by atoms with Gasteiger partial charge in [0.15, 0.2) is 5.78 Å². The Balaban J connectivity index is 1.50. The summed E-state index contributed by atoms with van der Waals surface area (Å²) in [5.74, 6) is 3.75. The molecule has 0 aliphatic heterocycles. The predicted octanol–water partition coefficient (Wildman–Crippen LogP) is 5.54. The third kappa shape index (κ3) is 3.62. The molecule has 4 rings (SSSR count). The maximum absolute atomic E-state index is 12.1. The second-order valence-corrected chi connectivity index (χ2v) is 12.0. The first-order chi connectivity index (χ1) is 14.2. The molecule has 3 saturated carbocycles. The molecule has 0 aromatic rings. The number of rotatable bonds is 6. The Hall–Kier alpha value is -0.670. The van der Waals surface area contributed by atoms with Gasteiger partial charge in [-0.3, -0.25) is 4.79 Å². The maximum atomic E-state index is 12.1. The summed E-state index contributed by atoms with van der Waals surface area (Å²) in [6, 6.07) is 0. The average Bonchev–Trinajstić information content (AvgIpc) is 3.06. The molecule has 4 aliphatic rings. The van der Waals surface area contributed by atoms with Crippen molar-refractivity contribution in [1.82, 2.24) is 0 Å². The van der Waals surface area contributed by atoms with E-state index < -0.39 is 0 Å². The van der Waals surface area contributed by atoms with Crippen molar-refractivity contribution in [1.29, 1.82) is 0 Å². The molecule has 0 heterocycles. The van der Waals surface area contributed by atoms with Gasteiger partial charge in [0, 0.05) is 13.0 Å². The monoisotopic (exact) mass is 416 g/mol. The van der Waals surface area contributed by atoms with E-state index in [9.17, 15) is 15.0 Å². The minimum atomic E-state index is -0.274. The molecule has 4 aliphatic carbocycles. The van der Waals surface area contributed by atoms with Crippen LogP contribution in [-0.2, 0) is 4.79 Å². The molecule has 0 spiro atoms. The van der Waals surface area contributed by atoms with Crippen LogP contribution in [0.25, 0.3) is 0 Å². The third-order valence-corrected chi connectivity index (χ3v) is 10.4. The molecule has 0 amide bonds. The van der Waals surface area contributed by atoms with E-state index in [-0.39, 0.29) is 17.3 Å². The molecule has 3 heteroatoms. The molecule has 5 unspecified atom stereocenters. The van der Waals surface area contributed by atoms with Gasteiger partial charge in [-0.05, 0) is 97.4 Å². The van der Waals surface area contributed by atoms with Crippen LogP contribution in [0.3, 0.4) is 0 Å². The van der Waals surface area contributed by atoms with Crippen molar-refractivity contribution in [2.45, 2.75) is 98.0 Å². The van der Waals surface area contributed by atoms with Gasteiger partial charge in [0.1, 0.15) is 0 Å². The highest BCUT2D eigenvalue weighted by atomic mass is 16.3. The Bertz CT molecular complexity index is 684. The van der Waals surface area contributed by atoms with Crippen LogP contribution in [0.5, 0.6) is 0 Å². The molecular weight excluding hydrogens is 372 g/mol. The molecule has 0 radical (unpaired) electrons. The van der Waals surface area contributed by atoms with Crippen LogP contribution in [0.4, 0.5) is 0 Å². The van der Waals surface area contributed by atoms with Gasteiger partial charge < -0.3 is 10.2 Å². The van der Waals surface area contributed by atoms with E-state index in [1.165, 1.54) is 44.1 Å². The smallest absolute Gasteiger partial charge is 0.155 e. The lowest BCUT2D eigenvalue weighted by Gasteiger charge is -2.60. The fourth-order valence-corrected chi connectivity index (χ4v) is 8.58. The molecule has 0 bridgehead atoms. The van der Waals surface area contributed by atoms with E-state index in [1.807, 2.05) is 6.08 Å². The van der Waals surface area contributed by atoms with Gasteiger partial charge in [-0.15, -0.1) is 0 Å². The second-order valence-electron chi connectivity index (χ2n) is 12.0. The Morgan fingerprint density at radius 2 is 1.87 bits per heavy atom. The van der Waals surface area contributed by atoms with Crippen molar-refractivity contribution in [3.05, 3.63) is 11.6 Å². The van der Waals surface area contributed by atoms with Crippen LogP contribution >= 0.6 is 0 Å². The molecule has 3 fully saturated rings. The Morgan fingerprint density at radius 3 is 2.60 bits per heavy atom. The summed E-state index contributed by atoms with van der Waals surface area (Å²) in [6.45, 7) is 9.85. The van der Waals surface area contributed by atoms with Crippen molar-refractivity contribution in [3.63, 3.8) is 0 Å². The van der Waals surface area contributed by atoms with Crippen molar-refractivity contribution in [3.8, 4) is 0 Å². The lowest BCUT2D eigenvalue weighted by atomic mass is 9.45. The van der Waals surface area contributed by atoms with Gasteiger partial charge >= 0.3 is 0 Å². The van der Waals surface area contributed by atoms with Gasteiger partial charge in [0.2, 0.25) is 0 Å².